The van der Waals surface area contributed by atoms with Crippen molar-refractivity contribution in [3.63, 3.8) is 0 Å². The van der Waals surface area contributed by atoms with Gasteiger partial charge in [-0.15, -0.1) is 0 Å². The van der Waals surface area contributed by atoms with Gasteiger partial charge in [0.1, 0.15) is 6.04 Å². The predicted molar refractivity (Wildman–Crippen MR) is 121 cm³/mol. The molecule has 0 fully saturated rings. The molecule has 3 aromatic rings. The van der Waals surface area contributed by atoms with E-state index in [1.807, 2.05) is 60.7 Å². The monoisotopic (exact) mass is 427 g/mol. The molecule has 1 aliphatic rings. The van der Waals surface area contributed by atoms with E-state index in [4.69, 9.17) is 5.73 Å². The number of nitrogens with zero attached hydrogens (tertiary/aromatic N) is 1. The van der Waals surface area contributed by atoms with Crippen LogP contribution in [0.5, 0.6) is 0 Å². The third kappa shape index (κ3) is 4.70. The van der Waals surface area contributed by atoms with Crippen molar-refractivity contribution < 1.29 is 14.4 Å². The number of hydrogen-bond acceptors (Lipinski definition) is 3. The molecule has 6 nitrogen and oxygen atoms in total. The fourth-order valence-corrected chi connectivity index (χ4v) is 4.10. The van der Waals surface area contributed by atoms with E-state index in [0.717, 1.165) is 16.7 Å². The maximum Gasteiger partial charge on any atom is 0.251 e. The van der Waals surface area contributed by atoms with Gasteiger partial charge in [-0.25, -0.2) is 0 Å². The van der Waals surface area contributed by atoms with Gasteiger partial charge in [0, 0.05) is 18.5 Å². The Kier molecular flexibility index (Phi) is 6.31. The average Bonchev–Trinajstić information content (AvgIpc) is 2.83. The summed E-state index contributed by atoms with van der Waals surface area (Å²) in [6.07, 6.45) is 0.415. The number of rotatable bonds is 6. The molecule has 0 saturated heterocycles. The van der Waals surface area contributed by atoms with Gasteiger partial charge in [0.25, 0.3) is 5.91 Å². The van der Waals surface area contributed by atoms with E-state index in [1.165, 1.54) is 4.90 Å². The van der Waals surface area contributed by atoms with Crippen molar-refractivity contribution in [2.45, 2.75) is 31.5 Å². The van der Waals surface area contributed by atoms with E-state index in [0.29, 0.717) is 18.5 Å². The van der Waals surface area contributed by atoms with Gasteiger partial charge in [0.2, 0.25) is 11.8 Å². The zero-order valence-electron chi connectivity index (χ0n) is 17.6. The van der Waals surface area contributed by atoms with Gasteiger partial charge in [-0.05, 0) is 28.8 Å². The van der Waals surface area contributed by atoms with Crippen molar-refractivity contribution in [3.8, 4) is 0 Å². The third-order valence-electron chi connectivity index (χ3n) is 5.82. The van der Waals surface area contributed by atoms with Crippen LogP contribution in [-0.4, -0.2) is 28.7 Å². The second-order valence-corrected chi connectivity index (χ2v) is 7.92. The van der Waals surface area contributed by atoms with Crippen LogP contribution >= 0.6 is 0 Å². The van der Waals surface area contributed by atoms with Crippen LogP contribution in [0.4, 0.5) is 0 Å². The lowest BCUT2D eigenvalue weighted by Gasteiger charge is -2.36. The minimum Gasteiger partial charge on any atom is -0.368 e. The van der Waals surface area contributed by atoms with Gasteiger partial charge in [0.05, 0.1) is 12.5 Å². The summed E-state index contributed by atoms with van der Waals surface area (Å²) in [7, 11) is 0. The van der Waals surface area contributed by atoms with Crippen LogP contribution in [0.25, 0.3) is 0 Å². The van der Waals surface area contributed by atoms with E-state index in [2.05, 4.69) is 5.32 Å². The number of carbonyl (C=O) groups is 3. The highest BCUT2D eigenvalue weighted by molar-refractivity contribution is 5.95. The Morgan fingerprint density at radius 1 is 0.875 bits per heavy atom. The highest BCUT2D eigenvalue weighted by atomic mass is 16.2. The van der Waals surface area contributed by atoms with Crippen LogP contribution in [0, 0.1) is 0 Å². The molecule has 0 spiro atoms. The van der Waals surface area contributed by atoms with E-state index in [9.17, 15) is 14.4 Å². The Bertz CT molecular complexity index is 1120. The first kappa shape index (κ1) is 21.3. The van der Waals surface area contributed by atoms with Crippen LogP contribution in [0.1, 0.15) is 39.5 Å². The van der Waals surface area contributed by atoms with Gasteiger partial charge >= 0.3 is 0 Å². The Balaban J connectivity index is 1.58. The Labute approximate surface area is 187 Å². The van der Waals surface area contributed by atoms with Crippen LogP contribution in [0.15, 0.2) is 84.9 Å². The normalized spacial score (nSPS) is 16.0. The Morgan fingerprint density at radius 2 is 1.47 bits per heavy atom. The maximum absolute atomic E-state index is 13.4. The molecule has 0 unspecified atom stereocenters. The summed E-state index contributed by atoms with van der Waals surface area (Å²) < 4.78 is 0. The lowest BCUT2D eigenvalue weighted by atomic mass is 9.92. The lowest BCUT2D eigenvalue weighted by molar-refractivity contribution is -0.141. The number of carbonyl (C=O) groups excluding carboxylic acids is 3. The summed E-state index contributed by atoms with van der Waals surface area (Å²) in [5.41, 5.74) is 9.01. The Morgan fingerprint density at radius 3 is 2.12 bits per heavy atom. The smallest absolute Gasteiger partial charge is 0.251 e. The van der Waals surface area contributed by atoms with Crippen molar-refractivity contribution in [2.24, 2.45) is 5.73 Å². The van der Waals surface area contributed by atoms with Crippen LogP contribution in [0.2, 0.25) is 0 Å². The standard InChI is InChI=1S/C26H25N3O3/c27-25(31)23-15-20-13-7-8-14-21(20)17-29(23)24(30)16-22(18-9-3-1-4-10-18)28-26(32)19-11-5-2-6-12-19/h1-14,22-23H,15-17H2,(H2,27,31)(H,28,32)/t22-,23-/m1/s1. The largest absolute Gasteiger partial charge is 0.368 e. The summed E-state index contributed by atoms with van der Waals surface area (Å²) in [5, 5.41) is 2.98. The van der Waals surface area contributed by atoms with Crippen molar-refractivity contribution >= 4 is 17.7 Å². The summed E-state index contributed by atoms with van der Waals surface area (Å²) in [6.45, 7) is 0.316. The number of primary amides is 1. The van der Waals surface area contributed by atoms with E-state index >= 15 is 0 Å². The number of nitrogens with two attached hydrogens (primary N) is 1. The second kappa shape index (κ2) is 9.47. The summed E-state index contributed by atoms with van der Waals surface area (Å²) in [6, 6.07) is 24.7. The molecule has 2 atom stereocenters. The zero-order valence-corrected chi connectivity index (χ0v) is 17.6. The molecule has 162 valence electrons. The van der Waals surface area contributed by atoms with Crippen molar-refractivity contribution in [3.05, 3.63) is 107 Å². The average molecular weight is 428 g/mol. The minimum absolute atomic E-state index is 0.0224. The van der Waals surface area contributed by atoms with E-state index in [-0.39, 0.29) is 18.2 Å². The van der Waals surface area contributed by atoms with Gasteiger partial charge in [-0.2, -0.15) is 0 Å². The molecule has 6 heteroatoms. The number of nitrogens with one attached hydrogen (secondary N) is 1. The molecule has 3 N–H and O–H groups in total. The number of hydrogen-bond donors (Lipinski definition) is 2. The Hall–Kier alpha value is -3.93. The number of benzene rings is 3. The molecule has 3 aromatic carbocycles. The zero-order chi connectivity index (χ0) is 22.5. The van der Waals surface area contributed by atoms with Crippen LogP contribution < -0.4 is 11.1 Å². The van der Waals surface area contributed by atoms with Crippen molar-refractivity contribution in [1.82, 2.24) is 10.2 Å². The molecule has 1 heterocycles. The van der Waals surface area contributed by atoms with Gasteiger partial charge < -0.3 is 16.0 Å². The molecule has 0 bridgehead atoms. The number of amides is 3. The molecule has 3 amide bonds. The maximum atomic E-state index is 13.4. The van der Waals surface area contributed by atoms with Crippen LogP contribution in [0.3, 0.4) is 0 Å². The highest BCUT2D eigenvalue weighted by Crippen LogP contribution is 2.26. The number of fused-ring (bicyclic) bond motifs is 1. The summed E-state index contributed by atoms with van der Waals surface area (Å²) in [4.78, 5) is 39.9. The van der Waals surface area contributed by atoms with E-state index in [1.54, 1.807) is 24.3 Å². The first-order valence-corrected chi connectivity index (χ1v) is 10.6. The summed E-state index contributed by atoms with van der Waals surface area (Å²) in [5.74, 6) is -1.02. The third-order valence-corrected chi connectivity index (χ3v) is 5.82. The molecule has 0 aromatic heterocycles. The van der Waals surface area contributed by atoms with Crippen LogP contribution in [-0.2, 0) is 22.6 Å². The molecule has 1 aliphatic heterocycles. The lowest BCUT2D eigenvalue weighted by Crippen LogP contribution is -2.51. The first-order chi connectivity index (χ1) is 15.5. The van der Waals surface area contributed by atoms with Crippen molar-refractivity contribution in [2.75, 3.05) is 0 Å². The molecule has 0 radical (unpaired) electrons. The molecule has 0 aliphatic carbocycles. The fourth-order valence-electron chi connectivity index (χ4n) is 4.10. The molecular formula is C26H25N3O3. The molecule has 4 rings (SSSR count). The fraction of sp³-hybridized carbons (Fsp3) is 0.192. The first-order valence-electron chi connectivity index (χ1n) is 10.6. The predicted octanol–water partition coefficient (Wildman–Crippen LogP) is 2.99. The van der Waals surface area contributed by atoms with Crippen molar-refractivity contribution in [1.29, 1.82) is 0 Å². The van der Waals surface area contributed by atoms with Gasteiger partial charge in [0.15, 0.2) is 0 Å². The molecular weight excluding hydrogens is 402 g/mol. The second-order valence-electron chi connectivity index (χ2n) is 7.92. The summed E-state index contributed by atoms with van der Waals surface area (Å²) >= 11 is 0. The highest BCUT2D eigenvalue weighted by Gasteiger charge is 2.34. The molecule has 32 heavy (non-hydrogen) atoms. The van der Waals surface area contributed by atoms with Gasteiger partial charge in [-0.1, -0.05) is 72.8 Å². The van der Waals surface area contributed by atoms with E-state index < -0.39 is 18.0 Å². The SMILES string of the molecule is NC(=O)[C@H]1Cc2ccccc2CN1C(=O)C[C@@H](NC(=O)c1ccccc1)c1ccccc1. The quantitative estimate of drug-likeness (QED) is 0.633. The minimum atomic E-state index is -0.710. The van der Waals surface area contributed by atoms with Gasteiger partial charge in [-0.3, -0.25) is 14.4 Å². The topological polar surface area (TPSA) is 92.5 Å². The molecule has 0 saturated carbocycles.